The van der Waals surface area contributed by atoms with E-state index >= 15 is 0 Å². The number of amides is 1. The van der Waals surface area contributed by atoms with Gasteiger partial charge in [-0.15, -0.1) is 0 Å². The zero-order valence-corrected chi connectivity index (χ0v) is 13.0. The Morgan fingerprint density at radius 1 is 1.33 bits per heavy atom. The number of nitrogens with one attached hydrogen (secondary N) is 1. The molecule has 1 aromatic carbocycles. The van der Waals surface area contributed by atoms with Gasteiger partial charge in [-0.25, -0.2) is 4.39 Å². The summed E-state index contributed by atoms with van der Waals surface area (Å²) in [6.07, 6.45) is 1.72. The van der Waals surface area contributed by atoms with Crippen LogP contribution in [0.4, 0.5) is 4.39 Å². The van der Waals surface area contributed by atoms with Gasteiger partial charge < -0.3 is 11.1 Å². The first-order valence-corrected chi connectivity index (χ1v) is 7.60. The van der Waals surface area contributed by atoms with Crippen molar-refractivity contribution in [3.63, 3.8) is 0 Å². The molecule has 3 atom stereocenters. The number of nitrogens with two attached hydrogens (primary N) is 1. The van der Waals surface area contributed by atoms with Crippen LogP contribution in [-0.4, -0.2) is 11.9 Å². The molecule has 1 amide bonds. The Labute approximate surface area is 126 Å². The summed E-state index contributed by atoms with van der Waals surface area (Å²) >= 11 is 0. The Morgan fingerprint density at radius 3 is 2.57 bits per heavy atom. The molecule has 2 rings (SSSR count). The van der Waals surface area contributed by atoms with Gasteiger partial charge in [0.2, 0.25) is 5.91 Å². The molecule has 1 fully saturated rings. The molecule has 1 aliphatic carbocycles. The largest absolute Gasteiger partial charge is 0.352 e. The molecule has 0 radical (unpaired) electrons. The highest BCUT2D eigenvalue weighted by Crippen LogP contribution is 2.44. The van der Waals surface area contributed by atoms with Crippen molar-refractivity contribution in [1.29, 1.82) is 0 Å². The second-order valence-corrected chi connectivity index (χ2v) is 6.75. The lowest BCUT2D eigenvalue weighted by Crippen LogP contribution is -2.51. The Balaban J connectivity index is 1.98. The molecule has 1 aliphatic rings. The normalized spacial score (nSPS) is 28.1. The van der Waals surface area contributed by atoms with Crippen LogP contribution in [0.2, 0.25) is 0 Å². The molecule has 21 heavy (non-hydrogen) atoms. The molecule has 0 aliphatic heterocycles. The monoisotopic (exact) mass is 292 g/mol. The van der Waals surface area contributed by atoms with Gasteiger partial charge in [-0.3, -0.25) is 4.79 Å². The Morgan fingerprint density at radius 2 is 1.95 bits per heavy atom. The lowest BCUT2D eigenvalue weighted by molar-refractivity contribution is -0.132. The smallest absolute Gasteiger partial charge is 0.223 e. The standard InChI is InChI=1S/C17H25FN2O/c1-11-15(19)9-8-14(17(11,2)3)16(21)20-10-12-4-6-13(18)7-5-12/h4-7,11,14-15H,8-10,19H2,1-3H3,(H,20,21). The number of hydrogen-bond acceptors (Lipinski definition) is 2. The van der Waals surface area contributed by atoms with E-state index in [1.165, 1.54) is 12.1 Å². The van der Waals surface area contributed by atoms with Crippen molar-refractivity contribution >= 4 is 5.91 Å². The van der Waals surface area contributed by atoms with Gasteiger partial charge in [0.15, 0.2) is 0 Å². The Kier molecular flexibility index (Phi) is 4.67. The summed E-state index contributed by atoms with van der Waals surface area (Å²) in [5, 5.41) is 2.98. The fraction of sp³-hybridized carbons (Fsp3) is 0.588. The third-order valence-corrected chi connectivity index (χ3v) is 5.20. The highest BCUT2D eigenvalue weighted by molar-refractivity contribution is 5.79. The van der Waals surface area contributed by atoms with Gasteiger partial charge in [-0.05, 0) is 41.9 Å². The predicted octanol–water partition coefficient (Wildman–Crippen LogP) is 2.84. The number of halogens is 1. The van der Waals surface area contributed by atoms with Gasteiger partial charge in [-0.2, -0.15) is 0 Å². The maximum atomic E-state index is 12.9. The first kappa shape index (κ1) is 16.0. The average Bonchev–Trinajstić information content (AvgIpc) is 2.44. The van der Waals surface area contributed by atoms with E-state index in [1.807, 2.05) is 0 Å². The topological polar surface area (TPSA) is 55.1 Å². The second-order valence-electron chi connectivity index (χ2n) is 6.75. The lowest BCUT2D eigenvalue weighted by atomic mass is 9.61. The molecular weight excluding hydrogens is 267 g/mol. The predicted molar refractivity (Wildman–Crippen MR) is 81.9 cm³/mol. The molecule has 1 aromatic rings. The molecule has 3 unspecified atom stereocenters. The van der Waals surface area contributed by atoms with Crippen LogP contribution in [0, 0.1) is 23.1 Å². The van der Waals surface area contributed by atoms with Crippen LogP contribution >= 0.6 is 0 Å². The lowest BCUT2D eigenvalue weighted by Gasteiger charge is -2.46. The third kappa shape index (κ3) is 3.43. The van der Waals surface area contributed by atoms with E-state index < -0.39 is 0 Å². The first-order chi connectivity index (χ1) is 9.82. The van der Waals surface area contributed by atoms with Gasteiger partial charge in [-0.1, -0.05) is 32.9 Å². The summed E-state index contributed by atoms with van der Waals surface area (Å²) in [7, 11) is 0. The van der Waals surface area contributed by atoms with Crippen LogP contribution in [0.5, 0.6) is 0 Å². The maximum absolute atomic E-state index is 12.9. The van der Waals surface area contributed by atoms with Crippen molar-refractivity contribution in [2.24, 2.45) is 23.0 Å². The van der Waals surface area contributed by atoms with Crippen LogP contribution in [-0.2, 0) is 11.3 Å². The van der Waals surface area contributed by atoms with Crippen LogP contribution in [0.15, 0.2) is 24.3 Å². The van der Waals surface area contributed by atoms with Crippen molar-refractivity contribution in [3.8, 4) is 0 Å². The minimum atomic E-state index is -0.263. The van der Waals surface area contributed by atoms with Crippen molar-refractivity contribution in [2.75, 3.05) is 0 Å². The molecular formula is C17H25FN2O. The van der Waals surface area contributed by atoms with Crippen LogP contribution in [0.25, 0.3) is 0 Å². The SMILES string of the molecule is CC1C(N)CCC(C(=O)NCc2ccc(F)cc2)C1(C)C. The van der Waals surface area contributed by atoms with E-state index in [2.05, 4.69) is 26.1 Å². The Bertz CT molecular complexity index is 498. The summed E-state index contributed by atoms with van der Waals surface area (Å²) in [6, 6.07) is 6.38. The molecule has 0 aromatic heterocycles. The van der Waals surface area contributed by atoms with E-state index in [0.717, 1.165) is 18.4 Å². The minimum absolute atomic E-state index is 0.0206. The summed E-state index contributed by atoms with van der Waals surface area (Å²) < 4.78 is 12.9. The zero-order valence-electron chi connectivity index (χ0n) is 13.0. The van der Waals surface area contributed by atoms with Gasteiger partial charge in [0, 0.05) is 18.5 Å². The molecule has 1 saturated carbocycles. The number of hydrogen-bond donors (Lipinski definition) is 2. The molecule has 0 heterocycles. The van der Waals surface area contributed by atoms with Crippen LogP contribution < -0.4 is 11.1 Å². The summed E-state index contributed by atoms with van der Waals surface area (Å²) in [6.45, 7) is 6.81. The van der Waals surface area contributed by atoms with Gasteiger partial charge in [0.25, 0.3) is 0 Å². The average molecular weight is 292 g/mol. The summed E-state index contributed by atoms with van der Waals surface area (Å²) in [5.74, 6) is 0.102. The fourth-order valence-corrected chi connectivity index (χ4v) is 3.23. The third-order valence-electron chi connectivity index (χ3n) is 5.20. The fourth-order valence-electron chi connectivity index (χ4n) is 3.23. The highest BCUT2D eigenvalue weighted by Gasteiger charge is 2.44. The highest BCUT2D eigenvalue weighted by atomic mass is 19.1. The molecule has 3 nitrogen and oxygen atoms in total. The van der Waals surface area contributed by atoms with E-state index in [-0.39, 0.29) is 29.1 Å². The van der Waals surface area contributed by atoms with E-state index in [4.69, 9.17) is 5.73 Å². The second kappa shape index (κ2) is 6.14. The zero-order chi connectivity index (χ0) is 15.6. The van der Waals surface area contributed by atoms with E-state index in [1.54, 1.807) is 12.1 Å². The minimum Gasteiger partial charge on any atom is -0.352 e. The van der Waals surface area contributed by atoms with E-state index in [0.29, 0.717) is 12.5 Å². The van der Waals surface area contributed by atoms with Crippen LogP contribution in [0.3, 0.4) is 0 Å². The molecule has 4 heteroatoms. The molecule has 0 bridgehead atoms. The summed E-state index contributed by atoms with van der Waals surface area (Å²) in [5.41, 5.74) is 6.93. The molecule has 3 N–H and O–H groups in total. The van der Waals surface area contributed by atoms with Gasteiger partial charge >= 0.3 is 0 Å². The Hall–Kier alpha value is -1.42. The molecule has 0 spiro atoms. The molecule has 0 saturated heterocycles. The molecule has 116 valence electrons. The first-order valence-electron chi connectivity index (χ1n) is 7.60. The van der Waals surface area contributed by atoms with Gasteiger partial charge in [0.05, 0.1) is 0 Å². The summed E-state index contributed by atoms with van der Waals surface area (Å²) in [4.78, 5) is 12.5. The number of carbonyl (C=O) groups is 1. The maximum Gasteiger partial charge on any atom is 0.223 e. The van der Waals surface area contributed by atoms with Gasteiger partial charge in [0.1, 0.15) is 5.82 Å². The quantitative estimate of drug-likeness (QED) is 0.900. The number of rotatable bonds is 3. The van der Waals surface area contributed by atoms with Crippen molar-refractivity contribution in [2.45, 2.75) is 46.2 Å². The van der Waals surface area contributed by atoms with Crippen molar-refractivity contribution in [1.82, 2.24) is 5.32 Å². The number of benzene rings is 1. The van der Waals surface area contributed by atoms with Crippen molar-refractivity contribution < 1.29 is 9.18 Å². The van der Waals surface area contributed by atoms with Crippen LogP contribution in [0.1, 0.15) is 39.2 Å². The number of carbonyl (C=O) groups excluding carboxylic acids is 1. The van der Waals surface area contributed by atoms with Crippen molar-refractivity contribution in [3.05, 3.63) is 35.6 Å². The van der Waals surface area contributed by atoms with E-state index in [9.17, 15) is 9.18 Å².